The molecule has 17 heavy (non-hydrogen) atoms. The van der Waals surface area contributed by atoms with E-state index < -0.39 is 0 Å². The third-order valence-electron chi connectivity index (χ3n) is 2.27. The molecule has 0 saturated heterocycles. The lowest BCUT2D eigenvalue weighted by Crippen LogP contribution is -2.13. The normalized spacial score (nSPS) is 10.3. The van der Waals surface area contributed by atoms with Crippen LogP contribution in [0.3, 0.4) is 0 Å². The fourth-order valence-electron chi connectivity index (χ4n) is 1.46. The summed E-state index contributed by atoms with van der Waals surface area (Å²) in [4.78, 5) is 17.0. The SMILES string of the molecule is Cc1cnc(NC(=O)c2ccc(F)cc2C)s1. The average molecular weight is 250 g/mol. The quantitative estimate of drug-likeness (QED) is 0.889. The number of aryl methyl sites for hydroxylation is 2. The van der Waals surface area contributed by atoms with Gasteiger partial charge in [0.1, 0.15) is 5.82 Å². The molecule has 2 rings (SSSR count). The Kier molecular flexibility index (Phi) is 3.19. The van der Waals surface area contributed by atoms with E-state index >= 15 is 0 Å². The molecule has 1 aromatic heterocycles. The van der Waals surface area contributed by atoms with Gasteiger partial charge in [0, 0.05) is 16.6 Å². The third kappa shape index (κ3) is 2.68. The van der Waals surface area contributed by atoms with Gasteiger partial charge < -0.3 is 0 Å². The van der Waals surface area contributed by atoms with Crippen molar-refractivity contribution in [3.63, 3.8) is 0 Å². The van der Waals surface area contributed by atoms with Crippen molar-refractivity contribution in [2.24, 2.45) is 0 Å². The number of thiazole rings is 1. The lowest BCUT2D eigenvalue weighted by molar-refractivity contribution is 0.102. The number of nitrogens with one attached hydrogen (secondary N) is 1. The van der Waals surface area contributed by atoms with E-state index in [1.165, 1.54) is 29.5 Å². The molecule has 3 nitrogen and oxygen atoms in total. The summed E-state index contributed by atoms with van der Waals surface area (Å²) in [7, 11) is 0. The van der Waals surface area contributed by atoms with Gasteiger partial charge >= 0.3 is 0 Å². The molecule has 0 spiro atoms. The molecule has 0 atom stereocenters. The number of aromatic nitrogens is 1. The maximum absolute atomic E-state index is 12.9. The number of carbonyl (C=O) groups is 1. The van der Waals surface area contributed by atoms with E-state index in [4.69, 9.17) is 0 Å². The van der Waals surface area contributed by atoms with Crippen molar-refractivity contribution in [1.29, 1.82) is 0 Å². The van der Waals surface area contributed by atoms with Gasteiger partial charge in [-0.25, -0.2) is 9.37 Å². The van der Waals surface area contributed by atoms with Crippen molar-refractivity contribution in [2.75, 3.05) is 5.32 Å². The van der Waals surface area contributed by atoms with Gasteiger partial charge in [-0.3, -0.25) is 10.1 Å². The van der Waals surface area contributed by atoms with Crippen LogP contribution in [0.4, 0.5) is 9.52 Å². The van der Waals surface area contributed by atoms with Gasteiger partial charge in [0.25, 0.3) is 5.91 Å². The number of carbonyl (C=O) groups excluding carboxylic acids is 1. The maximum Gasteiger partial charge on any atom is 0.257 e. The van der Waals surface area contributed by atoms with Crippen LogP contribution in [-0.4, -0.2) is 10.9 Å². The highest BCUT2D eigenvalue weighted by molar-refractivity contribution is 7.15. The molecule has 1 heterocycles. The predicted octanol–water partition coefficient (Wildman–Crippen LogP) is 3.15. The van der Waals surface area contributed by atoms with Crippen molar-refractivity contribution in [3.8, 4) is 0 Å². The number of anilines is 1. The highest BCUT2D eigenvalue weighted by Crippen LogP contribution is 2.18. The van der Waals surface area contributed by atoms with Crippen molar-refractivity contribution in [2.45, 2.75) is 13.8 Å². The number of halogens is 1. The first-order valence-electron chi connectivity index (χ1n) is 5.06. The van der Waals surface area contributed by atoms with E-state index in [9.17, 15) is 9.18 Å². The van der Waals surface area contributed by atoms with Crippen LogP contribution in [-0.2, 0) is 0 Å². The van der Waals surface area contributed by atoms with Crippen LogP contribution in [0.25, 0.3) is 0 Å². The van der Waals surface area contributed by atoms with Crippen LogP contribution in [0.15, 0.2) is 24.4 Å². The Bertz CT molecular complexity index is 565. The second-order valence-electron chi connectivity index (χ2n) is 3.69. The largest absolute Gasteiger partial charge is 0.298 e. The second-order valence-corrected chi connectivity index (χ2v) is 4.92. The summed E-state index contributed by atoms with van der Waals surface area (Å²) >= 11 is 1.40. The molecule has 0 aliphatic heterocycles. The summed E-state index contributed by atoms with van der Waals surface area (Å²) in [6, 6.07) is 4.08. The van der Waals surface area contributed by atoms with Gasteiger partial charge in [0.05, 0.1) is 0 Å². The molecule has 0 unspecified atom stereocenters. The summed E-state index contributed by atoms with van der Waals surface area (Å²) in [5.41, 5.74) is 1.06. The van der Waals surface area contributed by atoms with Crippen molar-refractivity contribution in [1.82, 2.24) is 4.98 Å². The minimum atomic E-state index is -0.343. The molecular formula is C12H11FN2OS. The lowest BCUT2D eigenvalue weighted by Gasteiger charge is -2.05. The van der Waals surface area contributed by atoms with E-state index in [1.54, 1.807) is 13.1 Å². The maximum atomic E-state index is 12.9. The van der Waals surface area contributed by atoms with Crippen LogP contribution in [0.1, 0.15) is 20.8 Å². The van der Waals surface area contributed by atoms with Gasteiger partial charge in [-0.2, -0.15) is 0 Å². The van der Waals surface area contributed by atoms with Crippen molar-refractivity contribution < 1.29 is 9.18 Å². The number of benzene rings is 1. The smallest absolute Gasteiger partial charge is 0.257 e. The highest BCUT2D eigenvalue weighted by Gasteiger charge is 2.11. The molecule has 0 aliphatic carbocycles. The van der Waals surface area contributed by atoms with E-state index in [0.29, 0.717) is 16.3 Å². The minimum Gasteiger partial charge on any atom is -0.298 e. The number of nitrogens with zero attached hydrogens (tertiary/aromatic N) is 1. The number of hydrogen-bond acceptors (Lipinski definition) is 3. The van der Waals surface area contributed by atoms with E-state index in [1.807, 2.05) is 6.92 Å². The first kappa shape index (κ1) is 11.7. The Labute approximate surface area is 102 Å². The summed E-state index contributed by atoms with van der Waals surface area (Å²) in [6.45, 7) is 3.61. The zero-order chi connectivity index (χ0) is 12.4. The zero-order valence-electron chi connectivity index (χ0n) is 9.45. The molecular weight excluding hydrogens is 239 g/mol. The van der Waals surface area contributed by atoms with Gasteiger partial charge in [-0.1, -0.05) is 0 Å². The van der Waals surface area contributed by atoms with Crippen molar-refractivity contribution in [3.05, 3.63) is 46.2 Å². The van der Waals surface area contributed by atoms with E-state index in [2.05, 4.69) is 10.3 Å². The van der Waals surface area contributed by atoms with Crippen LogP contribution >= 0.6 is 11.3 Å². The lowest BCUT2D eigenvalue weighted by atomic mass is 10.1. The Morgan fingerprint density at radius 1 is 1.41 bits per heavy atom. The summed E-state index contributed by atoms with van der Waals surface area (Å²) in [6.07, 6.45) is 1.69. The average Bonchev–Trinajstić information content (AvgIpc) is 2.63. The molecule has 0 aliphatic rings. The van der Waals surface area contributed by atoms with Gasteiger partial charge in [-0.15, -0.1) is 11.3 Å². The molecule has 0 fully saturated rings. The Balaban J connectivity index is 2.20. The molecule has 0 bridgehead atoms. The van der Waals surface area contributed by atoms with Gasteiger partial charge in [0.15, 0.2) is 5.13 Å². The van der Waals surface area contributed by atoms with E-state index in [-0.39, 0.29) is 11.7 Å². The summed E-state index contributed by atoms with van der Waals surface area (Å²) in [5.74, 6) is -0.610. The number of rotatable bonds is 2. The molecule has 5 heteroatoms. The molecule has 1 aromatic carbocycles. The molecule has 0 saturated carbocycles. The predicted molar refractivity (Wildman–Crippen MR) is 65.9 cm³/mol. The molecule has 2 aromatic rings. The van der Waals surface area contributed by atoms with Crippen LogP contribution in [0, 0.1) is 19.7 Å². The fourth-order valence-corrected chi connectivity index (χ4v) is 2.12. The van der Waals surface area contributed by atoms with Gasteiger partial charge in [0.2, 0.25) is 0 Å². The standard InChI is InChI=1S/C12H11FN2OS/c1-7-5-9(13)3-4-10(7)11(16)15-12-14-6-8(2)17-12/h3-6H,1-2H3,(H,14,15,16). The molecule has 88 valence electrons. The summed E-state index contributed by atoms with van der Waals surface area (Å²) in [5, 5.41) is 3.24. The Morgan fingerprint density at radius 3 is 2.76 bits per heavy atom. The van der Waals surface area contributed by atoms with E-state index in [0.717, 1.165) is 4.88 Å². The van der Waals surface area contributed by atoms with Crippen LogP contribution < -0.4 is 5.32 Å². The number of hydrogen-bond donors (Lipinski definition) is 1. The molecule has 1 N–H and O–H groups in total. The van der Waals surface area contributed by atoms with Crippen molar-refractivity contribution >= 4 is 22.4 Å². The van der Waals surface area contributed by atoms with Crippen LogP contribution in [0.2, 0.25) is 0 Å². The molecule has 1 amide bonds. The van der Waals surface area contributed by atoms with Crippen LogP contribution in [0.5, 0.6) is 0 Å². The first-order chi connectivity index (χ1) is 8.06. The minimum absolute atomic E-state index is 0.267. The third-order valence-corrected chi connectivity index (χ3v) is 3.10. The van der Waals surface area contributed by atoms with Gasteiger partial charge in [-0.05, 0) is 37.6 Å². The summed E-state index contributed by atoms with van der Waals surface area (Å²) < 4.78 is 12.9. The molecule has 0 radical (unpaired) electrons. The number of amides is 1. The highest BCUT2D eigenvalue weighted by atomic mass is 32.1. The second kappa shape index (κ2) is 4.63. The fraction of sp³-hybridized carbons (Fsp3) is 0.167. The zero-order valence-corrected chi connectivity index (χ0v) is 10.3. The Morgan fingerprint density at radius 2 is 2.18 bits per heavy atom. The first-order valence-corrected chi connectivity index (χ1v) is 5.88. The monoisotopic (exact) mass is 250 g/mol. The Hall–Kier alpha value is -1.75. The topological polar surface area (TPSA) is 42.0 Å².